The van der Waals surface area contributed by atoms with Gasteiger partial charge in [-0.1, -0.05) is 24.3 Å². The van der Waals surface area contributed by atoms with Gasteiger partial charge in [-0.15, -0.1) is 0 Å². The molecule has 1 aliphatic heterocycles. The van der Waals surface area contributed by atoms with Gasteiger partial charge in [-0.05, 0) is 99.9 Å². The molecule has 6 heteroatoms. The van der Waals surface area contributed by atoms with Crippen LogP contribution in [0.1, 0.15) is 61.2 Å². The fraction of sp³-hybridized carbons (Fsp3) is 0.400. The molecule has 3 aromatic rings. The Bertz CT molecular complexity index is 1390. The van der Waals surface area contributed by atoms with Crippen LogP contribution in [-0.4, -0.2) is 27.9 Å². The second kappa shape index (κ2) is 9.58. The summed E-state index contributed by atoms with van der Waals surface area (Å²) in [7, 11) is 1.63. The summed E-state index contributed by atoms with van der Waals surface area (Å²) in [6.45, 7) is 12.1. The van der Waals surface area contributed by atoms with E-state index in [1.807, 2.05) is 71.9 Å². The SMILES string of the molecule is Cc1ccc(-c2c(C)c(-c3ccc4c(c3)CCCO4)c(C(OC(C)(C)C)C(=O)O)n(C)c2=O)cc1C. The highest BCUT2D eigenvalue weighted by Gasteiger charge is 2.34. The van der Waals surface area contributed by atoms with E-state index in [-0.39, 0.29) is 5.56 Å². The summed E-state index contributed by atoms with van der Waals surface area (Å²) in [6.07, 6.45) is 0.486. The van der Waals surface area contributed by atoms with Crippen LogP contribution in [-0.2, 0) is 23.0 Å². The molecule has 0 saturated carbocycles. The third-order valence-electron chi connectivity index (χ3n) is 6.82. The van der Waals surface area contributed by atoms with Gasteiger partial charge in [0.15, 0.2) is 6.10 Å². The number of fused-ring (bicyclic) bond motifs is 1. The first kappa shape index (κ1) is 25.7. The number of nitrogens with zero attached hydrogens (tertiary/aromatic N) is 1. The highest BCUT2D eigenvalue weighted by molar-refractivity contribution is 5.84. The van der Waals surface area contributed by atoms with E-state index in [9.17, 15) is 14.7 Å². The number of benzene rings is 2. The maximum absolute atomic E-state index is 13.8. The normalized spacial score (nSPS) is 14.2. The third kappa shape index (κ3) is 4.82. The lowest BCUT2D eigenvalue weighted by Crippen LogP contribution is -2.33. The Morgan fingerprint density at radius 1 is 1.03 bits per heavy atom. The number of hydrogen-bond donors (Lipinski definition) is 1. The molecule has 6 nitrogen and oxygen atoms in total. The van der Waals surface area contributed by atoms with Gasteiger partial charge in [0.1, 0.15) is 5.75 Å². The Hall–Kier alpha value is -3.38. The van der Waals surface area contributed by atoms with Gasteiger partial charge in [0.2, 0.25) is 0 Å². The van der Waals surface area contributed by atoms with Gasteiger partial charge in [0, 0.05) is 12.6 Å². The van der Waals surface area contributed by atoms with Gasteiger partial charge in [0.05, 0.1) is 23.5 Å². The van der Waals surface area contributed by atoms with Crippen molar-refractivity contribution in [3.63, 3.8) is 0 Å². The number of carbonyl (C=O) groups is 1. The minimum absolute atomic E-state index is 0.250. The summed E-state index contributed by atoms with van der Waals surface area (Å²) in [5, 5.41) is 10.3. The highest BCUT2D eigenvalue weighted by Crippen LogP contribution is 2.40. The minimum Gasteiger partial charge on any atom is -0.493 e. The van der Waals surface area contributed by atoms with E-state index < -0.39 is 17.7 Å². The van der Waals surface area contributed by atoms with Crippen LogP contribution in [0.25, 0.3) is 22.3 Å². The second-order valence-electron chi connectivity index (χ2n) is 10.6. The standard InChI is InChI=1S/C30H35NO5/c1-17-10-11-21(15-18(17)2)25-19(3)24(22-12-13-23-20(16-22)9-8-14-35-23)26(31(7)28(25)32)27(29(33)34)36-30(4,5)6/h10-13,15-16,27H,8-9,14H2,1-7H3,(H,33,34). The Morgan fingerprint density at radius 3 is 2.33 bits per heavy atom. The number of carboxylic acid groups (broad SMARTS) is 1. The van der Waals surface area contributed by atoms with Crippen LogP contribution >= 0.6 is 0 Å². The summed E-state index contributed by atoms with van der Waals surface area (Å²) in [4.78, 5) is 26.4. The molecule has 0 bridgehead atoms. The molecular weight excluding hydrogens is 454 g/mol. The van der Waals surface area contributed by atoms with E-state index in [0.717, 1.165) is 52.0 Å². The number of aromatic nitrogens is 1. The summed E-state index contributed by atoms with van der Waals surface area (Å²) in [6, 6.07) is 11.9. The number of rotatable bonds is 5. The lowest BCUT2D eigenvalue weighted by Gasteiger charge is -2.29. The Balaban J connectivity index is 2.08. The fourth-order valence-electron chi connectivity index (χ4n) is 4.92. The quantitative estimate of drug-likeness (QED) is 0.482. The molecule has 1 atom stereocenters. The van der Waals surface area contributed by atoms with Crippen molar-refractivity contribution in [3.8, 4) is 28.0 Å². The molecule has 0 aliphatic carbocycles. The van der Waals surface area contributed by atoms with Crippen molar-refractivity contribution in [2.24, 2.45) is 7.05 Å². The summed E-state index contributed by atoms with van der Waals surface area (Å²) in [5.74, 6) is -0.287. The smallest absolute Gasteiger partial charge is 0.339 e. The zero-order chi connectivity index (χ0) is 26.4. The van der Waals surface area contributed by atoms with Gasteiger partial charge in [-0.25, -0.2) is 4.79 Å². The summed E-state index contributed by atoms with van der Waals surface area (Å²) >= 11 is 0. The first-order valence-electron chi connectivity index (χ1n) is 12.4. The summed E-state index contributed by atoms with van der Waals surface area (Å²) in [5.41, 5.74) is 6.32. The van der Waals surface area contributed by atoms with E-state index in [1.54, 1.807) is 7.05 Å². The lowest BCUT2D eigenvalue weighted by molar-refractivity contribution is -0.161. The van der Waals surface area contributed by atoms with Gasteiger partial charge in [0.25, 0.3) is 5.56 Å². The average Bonchev–Trinajstić information content (AvgIpc) is 2.81. The Morgan fingerprint density at radius 2 is 1.69 bits per heavy atom. The predicted octanol–water partition coefficient (Wildman–Crippen LogP) is 5.91. The number of hydrogen-bond acceptors (Lipinski definition) is 4. The van der Waals surface area contributed by atoms with Gasteiger partial charge in [-0.2, -0.15) is 0 Å². The number of carboxylic acids is 1. The average molecular weight is 490 g/mol. The monoisotopic (exact) mass is 489 g/mol. The highest BCUT2D eigenvalue weighted by atomic mass is 16.5. The van der Waals surface area contributed by atoms with Gasteiger partial charge in [-0.3, -0.25) is 4.79 Å². The second-order valence-corrected chi connectivity index (χ2v) is 10.6. The van der Waals surface area contributed by atoms with Crippen LogP contribution in [0.3, 0.4) is 0 Å². The molecule has 36 heavy (non-hydrogen) atoms. The van der Waals surface area contributed by atoms with E-state index >= 15 is 0 Å². The Labute approximate surface area is 212 Å². The molecule has 4 rings (SSSR count). The molecule has 0 amide bonds. The van der Waals surface area contributed by atoms with Crippen molar-refractivity contribution in [1.82, 2.24) is 4.57 Å². The lowest BCUT2D eigenvalue weighted by atomic mass is 9.88. The molecule has 2 heterocycles. The molecule has 2 aromatic carbocycles. The first-order chi connectivity index (χ1) is 16.9. The molecule has 190 valence electrons. The third-order valence-corrected chi connectivity index (χ3v) is 6.82. The topological polar surface area (TPSA) is 77.8 Å². The van der Waals surface area contributed by atoms with Crippen molar-refractivity contribution < 1.29 is 19.4 Å². The van der Waals surface area contributed by atoms with Gasteiger partial charge >= 0.3 is 5.97 Å². The van der Waals surface area contributed by atoms with E-state index in [0.29, 0.717) is 23.4 Å². The Kier molecular flexibility index (Phi) is 6.84. The van der Waals surface area contributed by atoms with Crippen LogP contribution < -0.4 is 10.3 Å². The van der Waals surface area contributed by atoms with Crippen LogP contribution in [0, 0.1) is 20.8 Å². The van der Waals surface area contributed by atoms with Crippen molar-refractivity contribution in [3.05, 3.63) is 74.7 Å². The molecule has 1 aliphatic rings. The predicted molar refractivity (Wildman–Crippen MR) is 142 cm³/mol. The zero-order valence-corrected chi connectivity index (χ0v) is 22.2. The van der Waals surface area contributed by atoms with Crippen molar-refractivity contribution in [2.45, 2.75) is 66.1 Å². The molecule has 0 spiro atoms. The maximum Gasteiger partial charge on any atom is 0.339 e. The van der Waals surface area contributed by atoms with Gasteiger partial charge < -0.3 is 19.1 Å². The van der Waals surface area contributed by atoms with Crippen molar-refractivity contribution in [2.75, 3.05) is 6.61 Å². The van der Waals surface area contributed by atoms with E-state index in [2.05, 4.69) is 6.07 Å². The molecule has 1 N–H and O–H groups in total. The number of aliphatic carboxylic acids is 1. The minimum atomic E-state index is -1.32. The maximum atomic E-state index is 13.8. The molecule has 0 fully saturated rings. The fourth-order valence-corrected chi connectivity index (χ4v) is 4.92. The van der Waals surface area contributed by atoms with Crippen LogP contribution in [0.15, 0.2) is 41.2 Å². The zero-order valence-electron chi connectivity index (χ0n) is 22.2. The van der Waals surface area contributed by atoms with E-state index in [4.69, 9.17) is 9.47 Å². The summed E-state index contributed by atoms with van der Waals surface area (Å²) < 4.78 is 13.3. The molecule has 0 saturated heterocycles. The largest absolute Gasteiger partial charge is 0.493 e. The number of pyridine rings is 1. The number of aryl methyl sites for hydroxylation is 3. The number of ether oxygens (including phenoxy) is 2. The van der Waals surface area contributed by atoms with Crippen molar-refractivity contribution in [1.29, 1.82) is 0 Å². The first-order valence-corrected chi connectivity index (χ1v) is 12.4. The molecule has 1 unspecified atom stereocenters. The van der Waals surface area contributed by atoms with Crippen LogP contribution in [0.4, 0.5) is 0 Å². The van der Waals surface area contributed by atoms with Crippen LogP contribution in [0.2, 0.25) is 0 Å². The van der Waals surface area contributed by atoms with Crippen molar-refractivity contribution >= 4 is 5.97 Å². The van der Waals surface area contributed by atoms with E-state index in [1.165, 1.54) is 4.57 Å². The molecular formula is C30H35NO5. The molecule has 0 radical (unpaired) electrons. The molecule has 1 aromatic heterocycles. The van der Waals surface area contributed by atoms with Crippen LogP contribution in [0.5, 0.6) is 5.75 Å².